The molecule has 2 bridgehead atoms. The number of amides is 1. The van der Waals surface area contributed by atoms with Gasteiger partial charge in [-0.3, -0.25) is 9.78 Å². The van der Waals surface area contributed by atoms with Crippen molar-refractivity contribution in [1.82, 2.24) is 9.88 Å². The van der Waals surface area contributed by atoms with E-state index < -0.39 is 0 Å². The molecule has 5 nitrogen and oxygen atoms in total. The monoisotopic (exact) mass is 342 g/mol. The molecular formula is C20H26N2O3. The summed E-state index contributed by atoms with van der Waals surface area (Å²) in [6, 6.07) is 4.07. The van der Waals surface area contributed by atoms with Crippen LogP contribution in [-0.4, -0.2) is 47.2 Å². The molecule has 1 aliphatic heterocycles. The Kier molecular flexibility index (Phi) is 5.13. The van der Waals surface area contributed by atoms with Crippen molar-refractivity contribution in [2.75, 3.05) is 13.2 Å². The number of aromatic nitrogens is 1. The van der Waals surface area contributed by atoms with E-state index >= 15 is 0 Å². The summed E-state index contributed by atoms with van der Waals surface area (Å²) in [7, 11) is 0. The lowest BCUT2D eigenvalue weighted by Crippen LogP contribution is -2.46. The summed E-state index contributed by atoms with van der Waals surface area (Å²) in [5.41, 5.74) is 1.06. The summed E-state index contributed by atoms with van der Waals surface area (Å²) in [5.74, 6) is 0.659. The molecule has 0 unspecified atom stereocenters. The number of hydrogen-bond donors (Lipinski definition) is 0. The molecule has 2 fully saturated rings. The number of carbonyl (C=O) groups is 1. The highest BCUT2D eigenvalue weighted by Crippen LogP contribution is 2.33. The molecule has 0 N–H and O–H groups in total. The molecule has 134 valence electrons. The predicted molar refractivity (Wildman–Crippen MR) is 93.8 cm³/mol. The van der Waals surface area contributed by atoms with Crippen molar-refractivity contribution in [3.8, 4) is 0 Å². The van der Waals surface area contributed by atoms with Gasteiger partial charge in [0.25, 0.3) is 0 Å². The summed E-state index contributed by atoms with van der Waals surface area (Å²) in [4.78, 5) is 19.1. The number of pyridine rings is 1. The SMILES string of the molecule is O=C(C[C@@H]1C=CCC1)N1CCO[C@H]2CC[C@H]1[C@H]2OCc1cccnc1. The molecule has 0 spiro atoms. The normalized spacial score (nSPS) is 31.3. The second-order valence-corrected chi connectivity index (χ2v) is 7.25. The van der Waals surface area contributed by atoms with Crippen LogP contribution in [0.3, 0.4) is 0 Å². The number of allylic oxidation sites excluding steroid dienone is 2. The third-order valence-corrected chi connectivity index (χ3v) is 5.59. The largest absolute Gasteiger partial charge is 0.374 e. The topological polar surface area (TPSA) is 51.7 Å². The first-order valence-electron chi connectivity index (χ1n) is 9.39. The smallest absolute Gasteiger partial charge is 0.223 e. The third kappa shape index (κ3) is 3.77. The van der Waals surface area contributed by atoms with Crippen molar-refractivity contribution in [2.24, 2.45) is 5.92 Å². The highest BCUT2D eigenvalue weighted by Gasteiger charge is 2.44. The van der Waals surface area contributed by atoms with E-state index in [-0.39, 0.29) is 24.2 Å². The van der Waals surface area contributed by atoms with Crippen LogP contribution in [0.25, 0.3) is 0 Å². The second kappa shape index (κ2) is 7.67. The molecule has 1 saturated carbocycles. The van der Waals surface area contributed by atoms with Crippen LogP contribution in [0, 0.1) is 5.92 Å². The van der Waals surface area contributed by atoms with E-state index in [4.69, 9.17) is 9.47 Å². The van der Waals surface area contributed by atoms with Crippen LogP contribution < -0.4 is 0 Å². The van der Waals surface area contributed by atoms with Crippen molar-refractivity contribution in [3.05, 3.63) is 42.2 Å². The minimum atomic E-state index is -0.0363. The zero-order chi connectivity index (χ0) is 17.1. The van der Waals surface area contributed by atoms with Gasteiger partial charge in [-0.1, -0.05) is 18.2 Å². The highest BCUT2D eigenvalue weighted by molar-refractivity contribution is 5.77. The van der Waals surface area contributed by atoms with E-state index in [1.165, 1.54) is 0 Å². The van der Waals surface area contributed by atoms with Crippen LogP contribution in [0.2, 0.25) is 0 Å². The Bertz CT molecular complexity index is 619. The highest BCUT2D eigenvalue weighted by atomic mass is 16.5. The Labute approximate surface area is 149 Å². The number of hydrogen-bond acceptors (Lipinski definition) is 4. The van der Waals surface area contributed by atoms with Crippen molar-refractivity contribution >= 4 is 5.91 Å². The standard InChI is InChI=1S/C20H26N2O3/c23-19(12-15-4-1-2-5-15)22-10-11-24-18-8-7-17(22)20(18)25-14-16-6-3-9-21-13-16/h1,3-4,6,9,13,15,17-18,20H,2,5,7-8,10-12,14H2/t15-,17+,18+,20-/m1/s1. The van der Waals surface area contributed by atoms with Crippen LogP contribution in [-0.2, 0) is 20.9 Å². The minimum Gasteiger partial charge on any atom is -0.374 e. The Morgan fingerprint density at radius 1 is 1.36 bits per heavy atom. The molecule has 0 radical (unpaired) electrons. The Morgan fingerprint density at radius 3 is 3.12 bits per heavy atom. The molecule has 5 heteroatoms. The maximum absolute atomic E-state index is 12.9. The van der Waals surface area contributed by atoms with E-state index in [0.29, 0.717) is 32.1 Å². The Balaban J connectivity index is 1.42. The maximum atomic E-state index is 12.9. The Hall–Kier alpha value is -1.72. The fourth-order valence-electron chi connectivity index (χ4n) is 4.30. The number of fused-ring (bicyclic) bond motifs is 2. The lowest BCUT2D eigenvalue weighted by atomic mass is 10.0. The van der Waals surface area contributed by atoms with E-state index in [2.05, 4.69) is 17.1 Å². The minimum absolute atomic E-state index is 0.0363. The first-order valence-corrected chi connectivity index (χ1v) is 9.39. The fourth-order valence-corrected chi connectivity index (χ4v) is 4.30. The van der Waals surface area contributed by atoms with E-state index in [0.717, 1.165) is 31.2 Å². The van der Waals surface area contributed by atoms with Crippen molar-refractivity contribution in [3.63, 3.8) is 0 Å². The average Bonchev–Trinajstić information content (AvgIpc) is 3.21. The second-order valence-electron chi connectivity index (χ2n) is 7.25. The molecule has 3 aliphatic rings. The molecule has 2 heterocycles. The number of ether oxygens (including phenoxy) is 2. The lowest BCUT2D eigenvalue weighted by molar-refractivity contribution is -0.136. The van der Waals surface area contributed by atoms with Gasteiger partial charge in [-0.15, -0.1) is 0 Å². The van der Waals surface area contributed by atoms with Gasteiger partial charge < -0.3 is 14.4 Å². The van der Waals surface area contributed by atoms with Gasteiger partial charge >= 0.3 is 0 Å². The summed E-state index contributed by atoms with van der Waals surface area (Å²) < 4.78 is 12.2. The molecule has 4 rings (SSSR count). The number of nitrogens with zero attached hydrogens (tertiary/aromatic N) is 2. The van der Waals surface area contributed by atoms with Crippen LogP contribution in [0.15, 0.2) is 36.7 Å². The first-order chi connectivity index (χ1) is 12.3. The molecule has 4 atom stereocenters. The summed E-state index contributed by atoms with van der Waals surface area (Å²) in [5, 5.41) is 0. The van der Waals surface area contributed by atoms with Gasteiger partial charge in [-0.2, -0.15) is 0 Å². The Morgan fingerprint density at radius 2 is 2.32 bits per heavy atom. The summed E-state index contributed by atoms with van der Waals surface area (Å²) in [6.07, 6.45) is 12.8. The van der Waals surface area contributed by atoms with Gasteiger partial charge in [0.15, 0.2) is 0 Å². The third-order valence-electron chi connectivity index (χ3n) is 5.59. The predicted octanol–water partition coefficient (Wildman–Crippen LogP) is 2.71. The maximum Gasteiger partial charge on any atom is 0.223 e. The molecule has 0 aromatic carbocycles. The van der Waals surface area contributed by atoms with E-state index in [1.807, 2.05) is 23.2 Å². The summed E-state index contributed by atoms with van der Waals surface area (Å²) in [6.45, 7) is 1.81. The van der Waals surface area contributed by atoms with Gasteiger partial charge in [0.05, 0.1) is 25.4 Å². The molecule has 2 aliphatic carbocycles. The molecule has 1 saturated heterocycles. The van der Waals surface area contributed by atoms with Crippen molar-refractivity contribution in [2.45, 2.75) is 57.0 Å². The van der Waals surface area contributed by atoms with Crippen molar-refractivity contribution in [1.29, 1.82) is 0 Å². The number of rotatable bonds is 5. The zero-order valence-electron chi connectivity index (χ0n) is 14.5. The van der Waals surface area contributed by atoms with Crippen LogP contribution in [0.5, 0.6) is 0 Å². The average molecular weight is 342 g/mol. The number of carbonyl (C=O) groups excluding carboxylic acids is 1. The van der Waals surface area contributed by atoms with Gasteiger partial charge in [0.2, 0.25) is 5.91 Å². The van der Waals surface area contributed by atoms with Crippen molar-refractivity contribution < 1.29 is 14.3 Å². The van der Waals surface area contributed by atoms with E-state index in [9.17, 15) is 4.79 Å². The van der Waals surface area contributed by atoms with Gasteiger partial charge in [0, 0.05) is 25.4 Å². The van der Waals surface area contributed by atoms with Crippen LogP contribution >= 0.6 is 0 Å². The molecule has 25 heavy (non-hydrogen) atoms. The molecule has 1 aromatic heterocycles. The molecule has 1 amide bonds. The molecular weight excluding hydrogens is 316 g/mol. The van der Waals surface area contributed by atoms with Crippen LogP contribution in [0.4, 0.5) is 0 Å². The van der Waals surface area contributed by atoms with E-state index in [1.54, 1.807) is 6.20 Å². The quantitative estimate of drug-likeness (QED) is 0.772. The fraction of sp³-hybridized carbons (Fsp3) is 0.600. The first kappa shape index (κ1) is 16.7. The molecule has 1 aromatic rings. The zero-order valence-corrected chi connectivity index (χ0v) is 14.5. The lowest BCUT2D eigenvalue weighted by Gasteiger charge is -2.32. The van der Waals surface area contributed by atoms with Crippen LogP contribution in [0.1, 0.15) is 37.7 Å². The summed E-state index contributed by atoms with van der Waals surface area (Å²) >= 11 is 0. The van der Waals surface area contributed by atoms with Gasteiger partial charge in [-0.25, -0.2) is 0 Å². The van der Waals surface area contributed by atoms with Gasteiger partial charge in [0.1, 0.15) is 6.10 Å². The van der Waals surface area contributed by atoms with Gasteiger partial charge in [-0.05, 0) is 43.2 Å².